The average Bonchev–Trinajstić information content (AvgIpc) is 2.48. The molecular formula is C15H18N4O2S. The summed E-state index contributed by atoms with van der Waals surface area (Å²) in [7, 11) is 0. The first kappa shape index (κ1) is 16.4. The van der Waals surface area contributed by atoms with Crippen LogP contribution in [-0.2, 0) is 9.59 Å². The third-order valence-electron chi connectivity index (χ3n) is 4.54. The number of carbonyl (C=O) groups is 2. The van der Waals surface area contributed by atoms with Crippen LogP contribution in [0.15, 0.2) is 10.6 Å². The zero-order valence-corrected chi connectivity index (χ0v) is 13.2. The molecule has 2 amide bonds. The van der Waals surface area contributed by atoms with Crippen LogP contribution in [0.4, 0.5) is 0 Å². The van der Waals surface area contributed by atoms with Crippen molar-refractivity contribution in [1.29, 1.82) is 10.5 Å². The minimum atomic E-state index is -0.854. The zero-order chi connectivity index (χ0) is 16.3. The number of primary amides is 1. The highest BCUT2D eigenvalue weighted by atomic mass is 32.2. The maximum absolute atomic E-state index is 12.3. The van der Waals surface area contributed by atoms with Crippen molar-refractivity contribution in [3.05, 3.63) is 10.6 Å². The molecule has 1 heterocycles. The zero-order valence-electron chi connectivity index (χ0n) is 12.4. The van der Waals surface area contributed by atoms with Crippen LogP contribution in [0.1, 0.15) is 32.6 Å². The van der Waals surface area contributed by atoms with E-state index in [9.17, 15) is 20.1 Å². The molecule has 6 nitrogen and oxygen atoms in total. The molecule has 1 spiro atoms. The van der Waals surface area contributed by atoms with Gasteiger partial charge in [-0.3, -0.25) is 9.59 Å². The molecule has 116 valence electrons. The van der Waals surface area contributed by atoms with Gasteiger partial charge in [0.2, 0.25) is 11.8 Å². The van der Waals surface area contributed by atoms with E-state index in [0.29, 0.717) is 29.4 Å². The molecule has 0 radical (unpaired) electrons. The number of nitrogens with one attached hydrogen (secondary N) is 1. The SMILES string of the molecule is CC1CCC2(CC1)C(C#N)=C(SCC(N)=O)NC(=O)[C@H]2C#N. The van der Waals surface area contributed by atoms with E-state index in [1.807, 2.05) is 0 Å². The number of carbonyl (C=O) groups excluding carboxylic acids is 2. The maximum atomic E-state index is 12.3. The maximum Gasteiger partial charge on any atom is 0.243 e. The van der Waals surface area contributed by atoms with Crippen molar-refractivity contribution in [2.45, 2.75) is 32.6 Å². The predicted molar refractivity (Wildman–Crippen MR) is 81.6 cm³/mol. The molecule has 2 rings (SSSR count). The number of allylic oxidation sites excluding steroid dienone is 1. The van der Waals surface area contributed by atoms with Crippen LogP contribution in [-0.4, -0.2) is 17.6 Å². The van der Waals surface area contributed by atoms with E-state index in [-0.39, 0.29) is 11.7 Å². The topological polar surface area (TPSA) is 120 Å². The summed E-state index contributed by atoms with van der Waals surface area (Å²) in [5, 5.41) is 22.0. The molecule has 1 aliphatic heterocycles. The van der Waals surface area contributed by atoms with Crippen molar-refractivity contribution in [1.82, 2.24) is 5.32 Å². The fourth-order valence-electron chi connectivity index (χ4n) is 3.28. The molecule has 1 fully saturated rings. The molecule has 2 aliphatic rings. The number of hydrogen-bond acceptors (Lipinski definition) is 5. The minimum Gasteiger partial charge on any atom is -0.369 e. The van der Waals surface area contributed by atoms with E-state index in [1.54, 1.807) is 0 Å². The van der Waals surface area contributed by atoms with Crippen molar-refractivity contribution in [2.75, 3.05) is 5.75 Å². The summed E-state index contributed by atoms with van der Waals surface area (Å²) in [5.74, 6) is -1.24. The van der Waals surface area contributed by atoms with E-state index < -0.39 is 17.2 Å². The Balaban J connectivity index is 2.46. The first-order valence-corrected chi connectivity index (χ1v) is 8.19. The molecular weight excluding hydrogens is 300 g/mol. The standard InChI is InChI=1S/C15H18N4O2S/c1-9-2-4-15(5-3-9)10(6-16)13(21)19-14(11(15)7-17)22-8-12(18)20/h9-10H,2-5,8H2,1H3,(H2,18,20)(H,19,21)/t9?,10-,15?/m1/s1. The summed E-state index contributed by atoms with van der Waals surface area (Å²) in [4.78, 5) is 23.3. The second kappa shape index (κ2) is 6.41. The highest BCUT2D eigenvalue weighted by Crippen LogP contribution is 2.52. The van der Waals surface area contributed by atoms with Crippen LogP contribution in [0.3, 0.4) is 0 Å². The molecule has 0 aromatic carbocycles. The van der Waals surface area contributed by atoms with Crippen LogP contribution in [0, 0.1) is 39.9 Å². The summed E-state index contributed by atoms with van der Waals surface area (Å²) in [6.07, 6.45) is 3.04. The quantitative estimate of drug-likeness (QED) is 0.815. The molecule has 0 saturated heterocycles. The molecule has 22 heavy (non-hydrogen) atoms. The summed E-state index contributed by atoms with van der Waals surface area (Å²) < 4.78 is 0. The molecule has 1 saturated carbocycles. The number of nitriles is 2. The predicted octanol–water partition coefficient (Wildman–Crippen LogP) is 1.41. The lowest BCUT2D eigenvalue weighted by atomic mass is 9.59. The van der Waals surface area contributed by atoms with E-state index in [0.717, 1.165) is 24.6 Å². The lowest BCUT2D eigenvalue weighted by molar-refractivity contribution is -0.127. The van der Waals surface area contributed by atoms with Crippen molar-refractivity contribution < 1.29 is 9.59 Å². The van der Waals surface area contributed by atoms with Gasteiger partial charge in [0.15, 0.2) is 0 Å². The number of thioether (sulfide) groups is 1. The van der Waals surface area contributed by atoms with Crippen LogP contribution in [0.2, 0.25) is 0 Å². The van der Waals surface area contributed by atoms with Crippen LogP contribution < -0.4 is 11.1 Å². The van der Waals surface area contributed by atoms with Gasteiger partial charge in [0.05, 0.1) is 28.5 Å². The first-order valence-electron chi connectivity index (χ1n) is 7.21. The highest BCUT2D eigenvalue weighted by molar-refractivity contribution is 8.03. The number of nitrogens with two attached hydrogens (primary N) is 1. The third-order valence-corrected chi connectivity index (χ3v) is 5.57. The number of rotatable bonds is 3. The summed E-state index contributed by atoms with van der Waals surface area (Å²) in [5.41, 5.74) is 4.85. The smallest absolute Gasteiger partial charge is 0.243 e. The Kier molecular flexibility index (Phi) is 4.77. The fourth-order valence-corrected chi connectivity index (χ4v) is 4.13. The van der Waals surface area contributed by atoms with Gasteiger partial charge in [0.1, 0.15) is 5.92 Å². The van der Waals surface area contributed by atoms with Gasteiger partial charge in [-0.05, 0) is 31.6 Å². The number of amides is 2. The van der Waals surface area contributed by atoms with Gasteiger partial charge in [-0.1, -0.05) is 18.7 Å². The second-order valence-electron chi connectivity index (χ2n) is 5.96. The van der Waals surface area contributed by atoms with Crippen LogP contribution >= 0.6 is 11.8 Å². The first-order chi connectivity index (χ1) is 10.4. The molecule has 0 aromatic heterocycles. The Hall–Kier alpha value is -1.99. The molecule has 0 unspecified atom stereocenters. The van der Waals surface area contributed by atoms with Gasteiger partial charge < -0.3 is 11.1 Å². The molecule has 1 aliphatic carbocycles. The van der Waals surface area contributed by atoms with Gasteiger partial charge in [-0.25, -0.2) is 0 Å². The average molecular weight is 318 g/mol. The largest absolute Gasteiger partial charge is 0.369 e. The summed E-state index contributed by atoms with van der Waals surface area (Å²) in [6, 6.07) is 4.26. The number of nitrogens with zero attached hydrogens (tertiary/aromatic N) is 2. The molecule has 7 heteroatoms. The van der Waals surface area contributed by atoms with Gasteiger partial charge in [0, 0.05) is 5.41 Å². The highest BCUT2D eigenvalue weighted by Gasteiger charge is 2.52. The Morgan fingerprint density at radius 1 is 1.45 bits per heavy atom. The van der Waals surface area contributed by atoms with E-state index >= 15 is 0 Å². The van der Waals surface area contributed by atoms with Gasteiger partial charge in [0.25, 0.3) is 0 Å². The molecule has 1 atom stereocenters. The second-order valence-corrected chi connectivity index (χ2v) is 6.95. The molecule has 3 N–H and O–H groups in total. The normalized spacial score (nSPS) is 31.3. The van der Waals surface area contributed by atoms with E-state index in [1.165, 1.54) is 0 Å². The van der Waals surface area contributed by atoms with Crippen molar-refractivity contribution in [3.8, 4) is 12.1 Å². The minimum absolute atomic E-state index is 0.00943. The molecule has 0 aromatic rings. The molecule has 0 bridgehead atoms. The van der Waals surface area contributed by atoms with Crippen LogP contribution in [0.5, 0.6) is 0 Å². The van der Waals surface area contributed by atoms with Gasteiger partial charge in [-0.15, -0.1) is 0 Å². The Morgan fingerprint density at radius 3 is 2.59 bits per heavy atom. The Morgan fingerprint density at radius 2 is 2.09 bits per heavy atom. The lowest BCUT2D eigenvalue weighted by Crippen LogP contribution is -2.49. The van der Waals surface area contributed by atoms with Crippen molar-refractivity contribution in [3.63, 3.8) is 0 Å². The van der Waals surface area contributed by atoms with Crippen molar-refractivity contribution >= 4 is 23.6 Å². The lowest BCUT2D eigenvalue weighted by Gasteiger charge is -2.44. The van der Waals surface area contributed by atoms with Crippen molar-refractivity contribution in [2.24, 2.45) is 23.0 Å². The third kappa shape index (κ3) is 2.82. The Bertz CT molecular complexity index is 606. The van der Waals surface area contributed by atoms with E-state index in [4.69, 9.17) is 5.73 Å². The van der Waals surface area contributed by atoms with Crippen LogP contribution in [0.25, 0.3) is 0 Å². The monoisotopic (exact) mass is 318 g/mol. The fraction of sp³-hybridized carbons (Fsp3) is 0.600. The summed E-state index contributed by atoms with van der Waals surface area (Å²) >= 11 is 1.06. The number of hydrogen-bond donors (Lipinski definition) is 2. The van der Waals surface area contributed by atoms with E-state index in [2.05, 4.69) is 24.4 Å². The summed E-state index contributed by atoms with van der Waals surface area (Å²) in [6.45, 7) is 2.13. The van der Waals surface area contributed by atoms with Gasteiger partial charge >= 0.3 is 0 Å². The van der Waals surface area contributed by atoms with Gasteiger partial charge in [-0.2, -0.15) is 10.5 Å². The Labute approximate surface area is 133 Å².